The number of carbonyl (C=O) groups is 2. The third-order valence-corrected chi connectivity index (χ3v) is 7.80. The van der Waals surface area contributed by atoms with Crippen LogP contribution in [0.1, 0.15) is 61.8 Å². The molecule has 192 valence electrons. The standard InChI is InChI=1S/C31H36N4O2/c32-30(36)18-27-14-25(16-28-11-12-31(37)35(28)21-24-9-5-2-6-10-24)13-26(15-27)17-29-19-33-22-34(29)20-23-7-3-1-4-8-23/h1-10,17,19,22,25,27-28H,11-16,18,20-21H2,(H2,32,36)/b26-17-/t25-,27-,28-/m0/s1. The zero-order chi connectivity index (χ0) is 25.6. The van der Waals surface area contributed by atoms with E-state index in [1.54, 1.807) is 0 Å². The van der Waals surface area contributed by atoms with Crippen molar-refractivity contribution in [2.45, 2.75) is 64.1 Å². The van der Waals surface area contributed by atoms with E-state index < -0.39 is 0 Å². The Bertz CT molecular complexity index is 1230. The van der Waals surface area contributed by atoms with Crippen molar-refractivity contribution in [3.63, 3.8) is 0 Å². The van der Waals surface area contributed by atoms with Gasteiger partial charge in [0.1, 0.15) is 0 Å². The van der Waals surface area contributed by atoms with Gasteiger partial charge < -0.3 is 15.2 Å². The van der Waals surface area contributed by atoms with Crippen LogP contribution in [0.4, 0.5) is 0 Å². The predicted octanol–water partition coefficient (Wildman–Crippen LogP) is 5.19. The van der Waals surface area contributed by atoms with Gasteiger partial charge in [0, 0.05) is 32.0 Å². The third kappa shape index (κ3) is 6.56. The van der Waals surface area contributed by atoms with E-state index in [1.807, 2.05) is 36.8 Å². The largest absolute Gasteiger partial charge is 0.370 e. The molecule has 0 bridgehead atoms. The highest BCUT2D eigenvalue weighted by atomic mass is 16.2. The first-order chi connectivity index (χ1) is 18.0. The average molecular weight is 497 g/mol. The topological polar surface area (TPSA) is 81.2 Å². The second-order valence-electron chi connectivity index (χ2n) is 10.7. The number of amides is 2. The Morgan fingerprint density at radius 2 is 1.65 bits per heavy atom. The van der Waals surface area contributed by atoms with Gasteiger partial charge in [-0.05, 0) is 61.1 Å². The fraction of sp³-hybridized carbons (Fsp3) is 0.387. The maximum absolute atomic E-state index is 12.7. The Kier molecular flexibility index (Phi) is 7.83. The van der Waals surface area contributed by atoms with E-state index in [2.05, 4.69) is 56.9 Å². The molecule has 6 nitrogen and oxygen atoms in total. The Hall–Kier alpha value is -3.67. The molecule has 1 saturated carbocycles. The summed E-state index contributed by atoms with van der Waals surface area (Å²) in [7, 11) is 0. The molecule has 2 aromatic carbocycles. The molecule has 1 aromatic heterocycles. The van der Waals surface area contributed by atoms with Crippen LogP contribution in [0.2, 0.25) is 0 Å². The summed E-state index contributed by atoms with van der Waals surface area (Å²) in [4.78, 5) is 31.1. The van der Waals surface area contributed by atoms with Crippen LogP contribution in [0.5, 0.6) is 0 Å². The zero-order valence-corrected chi connectivity index (χ0v) is 21.3. The molecule has 5 rings (SSSR count). The van der Waals surface area contributed by atoms with Gasteiger partial charge in [0.05, 0.1) is 18.2 Å². The summed E-state index contributed by atoms with van der Waals surface area (Å²) >= 11 is 0. The van der Waals surface area contributed by atoms with Crippen molar-refractivity contribution < 1.29 is 9.59 Å². The molecule has 1 aliphatic heterocycles. The fourth-order valence-corrected chi connectivity index (χ4v) is 6.19. The Balaban J connectivity index is 1.32. The van der Waals surface area contributed by atoms with Gasteiger partial charge >= 0.3 is 0 Å². The molecule has 3 atom stereocenters. The van der Waals surface area contributed by atoms with Gasteiger partial charge in [-0.15, -0.1) is 0 Å². The molecule has 2 N–H and O–H groups in total. The zero-order valence-electron chi connectivity index (χ0n) is 21.3. The van der Waals surface area contributed by atoms with Crippen LogP contribution in [0.25, 0.3) is 6.08 Å². The Morgan fingerprint density at radius 1 is 0.973 bits per heavy atom. The fourth-order valence-electron chi connectivity index (χ4n) is 6.19. The SMILES string of the molecule is NC(=O)C[C@@H]1C/C(=C\c2cncn2Cc2ccccc2)C[C@H](C[C@@H]2CCC(=O)N2Cc2ccccc2)C1. The van der Waals surface area contributed by atoms with Crippen molar-refractivity contribution in [3.05, 3.63) is 95.6 Å². The molecule has 6 heteroatoms. The maximum atomic E-state index is 12.7. The summed E-state index contributed by atoms with van der Waals surface area (Å²) in [5.74, 6) is 0.677. The van der Waals surface area contributed by atoms with E-state index in [0.717, 1.165) is 44.3 Å². The molecule has 0 radical (unpaired) electrons. The minimum Gasteiger partial charge on any atom is -0.370 e. The molecule has 1 aliphatic carbocycles. The Morgan fingerprint density at radius 3 is 2.35 bits per heavy atom. The lowest BCUT2D eigenvalue weighted by atomic mass is 9.74. The number of nitrogens with two attached hydrogens (primary N) is 1. The van der Waals surface area contributed by atoms with Gasteiger partial charge in [0.2, 0.25) is 11.8 Å². The summed E-state index contributed by atoms with van der Waals surface area (Å²) in [6.45, 7) is 1.44. The van der Waals surface area contributed by atoms with E-state index in [4.69, 9.17) is 5.73 Å². The smallest absolute Gasteiger partial charge is 0.223 e. The summed E-state index contributed by atoms with van der Waals surface area (Å²) in [5.41, 5.74) is 10.5. The molecule has 2 fully saturated rings. The third-order valence-electron chi connectivity index (χ3n) is 7.80. The van der Waals surface area contributed by atoms with Crippen LogP contribution in [-0.4, -0.2) is 32.3 Å². The molecule has 2 heterocycles. The Labute approximate surface area is 219 Å². The van der Waals surface area contributed by atoms with Gasteiger partial charge in [-0.25, -0.2) is 4.98 Å². The molecule has 2 aliphatic rings. The highest BCUT2D eigenvalue weighted by molar-refractivity contribution is 5.78. The summed E-state index contributed by atoms with van der Waals surface area (Å²) in [5, 5.41) is 0. The summed E-state index contributed by atoms with van der Waals surface area (Å²) in [6.07, 6.45) is 11.8. The van der Waals surface area contributed by atoms with Crippen LogP contribution in [-0.2, 0) is 22.7 Å². The number of benzene rings is 2. The van der Waals surface area contributed by atoms with Crippen LogP contribution in [0.15, 0.2) is 78.8 Å². The average Bonchev–Trinajstić information content (AvgIpc) is 3.46. The summed E-state index contributed by atoms with van der Waals surface area (Å²) in [6, 6.07) is 20.9. The number of rotatable bonds is 9. The first-order valence-electron chi connectivity index (χ1n) is 13.4. The minimum atomic E-state index is -0.235. The van der Waals surface area contributed by atoms with Crippen molar-refractivity contribution in [1.29, 1.82) is 0 Å². The van der Waals surface area contributed by atoms with E-state index >= 15 is 0 Å². The van der Waals surface area contributed by atoms with Crippen molar-refractivity contribution in [2.75, 3.05) is 0 Å². The monoisotopic (exact) mass is 496 g/mol. The minimum absolute atomic E-state index is 0.235. The number of hydrogen-bond acceptors (Lipinski definition) is 3. The molecule has 0 spiro atoms. The van der Waals surface area contributed by atoms with Crippen molar-refractivity contribution in [3.8, 4) is 0 Å². The molecular formula is C31H36N4O2. The van der Waals surface area contributed by atoms with Gasteiger partial charge in [-0.3, -0.25) is 9.59 Å². The molecular weight excluding hydrogens is 460 g/mol. The molecule has 2 amide bonds. The molecule has 3 aromatic rings. The van der Waals surface area contributed by atoms with Gasteiger partial charge in [0.25, 0.3) is 0 Å². The van der Waals surface area contributed by atoms with E-state index in [-0.39, 0.29) is 23.8 Å². The number of imidazole rings is 1. The van der Waals surface area contributed by atoms with Crippen LogP contribution < -0.4 is 5.73 Å². The van der Waals surface area contributed by atoms with E-state index in [9.17, 15) is 9.59 Å². The first-order valence-corrected chi connectivity index (χ1v) is 13.4. The summed E-state index contributed by atoms with van der Waals surface area (Å²) < 4.78 is 2.17. The van der Waals surface area contributed by atoms with Gasteiger partial charge in [-0.2, -0.15) is 0 Å². The highest BCUT2D eigenvalue weighted by Gasteiger charge is 2.35. The molecule has 37 heavy (non-hydrogen) atoms. The highest BCUT2D eigenvalue weighted by Crippen LogP contribution is 2.40. The number of allylic oxidation sites excluding steroid dienone is 1. The number of nitrogens with zero attached hydrogens (tertiary/aromatic N) is 3. The van der Waals surface area contributed by atoms with Crippen molar-refractivity contribution in [1.82, 2.24) is 14.5 Å². The second-order valence-corrected chi connectivity index (χ2v) is 10.7. The van der Waals surface area contributed by atoms with Crippen molar-refractivity contribution >= 4 is 17.9 Å². The number of primary amides is 1. The van der Waals surface area contributed by atoms with E-state index in [0.29, 0.717) is 25.3 Å². The quantitative estimate of drug-likeness (QED) is 0.443. The van der Waals surface area contributed by atoms with Crippen LogP contribution in [0, 0.1) is 11.8 Å². The number of likely N-dealkylation sites (tertiary alicyclic amines) is 1. The van der Waals surface area contributed by atoms with Crippen LogP contribution >= 0.6 is 0 Å². The number of aromatic nitrogens is 2. The molecule has 1 saturated heterocycles. The van der Waals surface area contributed by atoms with Crippen LogP contribution in [0.3, 0.4) is 0 Å². The lowest BCUT2D eigenvalue weighted by Gasteiger charge is -2.34. The predicted molar refractivity (Wildman–Crippen MR) is 145 cm³/mol. The van der Waals surface area contributed by atoms with Crippen molar-refractivity contribution in [2.24, 2.45) is 17.6 Å². The lowest BCUT2D eigenvalue weighted by molar-refractivity contribution is -0.129. The van der Waals surface area contributed by atoms with E-state index in [1.165, 1.54) is 16.7 Å². The maximum Gasteiger partial charge on any atom is 0.223 e. The molecule has 0 unspecified atom stereocenters. The lowest BCUT2D eigenvalue weighted by Crippen LogP contribution is -2.35. The second kappa shape index (κ2) is 11.6. The number of carbonyl (C=O) groups excluding carboxylic acids is 2. The first kappa shape index (κ1) is 25.0. The van der Waals surface area contributed by atoms with Gasteiger partial charge in [0.15, 0.2) is 0 Å². The normalized spacial score (nSPS) is 23.0. The number of hydrogen-bond donors (Lipinski definition) is 1. The van der Waals surface area contributed by atoms with Gasteiger partial charge in [-0.1, -0.05) is 66.2 Å².